The average molecular weight is 180 g/mol. The average Bonchev–Trinajstić information content (AvgIpc) is 2.52. The first-order valence-corrected chi connectivity index (χ1v) is 5.21. The summed E-state index contributed by atoms with van der Waals surface area (Å²) in [5.74, 6) is 1.99. The molecule has 0 aromatic carbocycles. The van der Waals surface area contributed by atoms with Gasteiger partial charge in [-0.2, -0.15) is 0 Å². The molecule has 1 unspecified atom stereocenters. The molecule has 13 heavy (non-hydrogen) atoms. The zero-order valence-electron chi connectivity index (χ0n) is 8.95. The lowest BCUT2D eigenvalue weighted by molar-refractivity contribution is 0.466. The van der Waals surface area contributed by atoms with Crippen molar-refractivity contribution < 1.29 is 0 Å². The summed E-state index contributed by atoms with van der Waals surface area (Å²) < 4.78 is 2.22. The number of aromatic nitrogens is 2. The molecule has 0 saturated heterocycles. The SMILES string of the molecule is CCC(C)CCCn1ccnc1C. The molecule has 1 atom stereocenters. The van der Waals surface area contributed by atoms with Gasteiger partial charge < -0.3 is 4.57 Å². The van der Waals surface area contributed by atoms with E-state index >= 15 is 0 Å². The van der Waals surface area contributed by atoms with Crippen molar-refractivity contribution >= 4 is 0 Å². The van der Waals surface area contributed by atoms with Crippen molar-refractivity contribution in [1.29, 1.82) is 0 Å². The van der Waals surface area contributed by atoms with Gasteiger partial charge in [0.25, 0.3) is 0 Å². The Morgan fingerprint density at radius 3 is 2.85 bits per heavy atom. The molecule has 0 saturated carbocycles. The van der Waals surface area contributed by atoms with Crippen LogP contribution in [0.4, 0.5) is 0 Å². The van der Waals surface area contributed by atoms with Crippen LogP contribution < -0.4 is 0 Å². The Bertz CT molecular complexity index is 240. The van der Waals surface area contributed by atoms with Crippen molar-refractivity contribution in [2.24, 2.45) is 5.92 Å². The third-order valence-corrected chi connectivity index (χ3v) is 2.72. The molecule has 0 spiro atoms. The van der Waals surface area contributed by atoms with E-state index in [1.54, 1.807) is 0 Å². The molecule has 0 radical (unpaired) electrons. The van der Waals surface area contributed by atoms with E-state index in [1.165, 1.54) is 19.3 Å². The van der Waals surface area contributed by atoms with Gasteiger partial charge in [-0.15, -0.1) is 0 Å². The topological polar surface area (TPSA) is 17.8 Å². The minimum atomic E-state index is 0.865. The molecule has 74 valence electrons. The molecule has 0 fully saturated rings. The smallest absolute Gasteiger partial charge is 0.105 e. The molecular formula is C11H20N2. The van der Waals surface area contributed by atoms with Crippen LogP contribution in [0.25, 0.3) is 0 Å². The first-order valence-electron chi connectivity index (χ1n) is 5.21. The zero-order valence-corrected chi connectivity index (χ0v) is 8.95. The first kappa shape index (κ1) is 10.3. The van der Waals surface area contributed by atoms with Crippen molar-refractivity contribution in [2.45, 2.75) is 46.6 Å². The van der Waals surface area contributed by atoms with E-state index < -0.39 is 0 Å². The molecule has 0 bridgehead atoms. The van der Waals surface area contributed by atoms with Crippen LogP contribution in [0.15, 0.2) is 12.4 Å². The van der Waals surface area contributed by atoms with Crippen LogP contribution in [0.3, 0.4) is 0 Å². The molecule has 2 heteroatoms. The van der Waals surface area contributed by atoms with Crippen molar-refractivity contribution in [1.82, 2.24) is 9.55 Å². The van der Waals surface area contributed by atoms with Gasteiger partial charge in [0.05, 0.1) is 0 Å². The Hall–Kier alpha value is -0.790. The van der Waals surface area contributed by atoms with Crippen molar-refractivity contribution in [3.63, 3.8) is 0 Å². The summed E-state index contributed by atoms with van der Waals surface area (Å²) in [5, 5.41) is 0. The summed E-state index contributed by atoms with van der Waals surface area (Å²) in [6, 6.07) is 0. The van der Waals surface area contributed by atoms with E-state index in [1.807, 2.05) is 6.20 Å². The van der Waals surface area contributed by atoms with E-state index in [9.17, 15) is 0 Å². The molecule has 1 rings (SSSR count). The maximum Gasteiger partial charge on any atom is 0.105 e. The number of aryl methyl sites for hydroxylation is 2. The second kappa shape index (κ2) is 5.05. The number of imidazole rings is 1. The predicted molar refractivity (Wildman–Crippen MR) is 55.7 cm³/mol. The van der Waals surface area contributed by atoms with Crippen LogP contribution in [0.2, 0.25) is 0 Å². The monoisotopic (exact) mass is 180 g/mol. The molecule has 0 N–H and O–H groups in total. The summed E-state index contributed by atoms with van der Waals surface area (Å²) in [4.78, 5) is 4.20. The van der Waals surface area contributed by atoms with E-state index in [-0.39, 0.29) is 0 Å². The second-order valence-corrected chi connectivity index (χ2v) is 3.82. The number of hydrogen-bond acceptors (Lipinski definition) is 1. The molecule has 1 heterocycles. The van der Waals surface area contributed by atoms with E-state index in [2.05, 4.69) is 36.5 Å². The number of rotatable bonds is 5. The minimum Gasteiger partial charge on any atom is -0.335 e. The second-order valence-electron chi connectivity index (χ2n) is 3.82. The molecule has 1 aromatic heterocycles. The van der Waals surface area contributed by atoms with Gasteiger partial charge in [0.2, 0.25) is 0 Å². The first-order chi connectivity index (χ1) is 6.24. The third kappa shape index (κ3) is 3.21. The Morgan fingerprint density at radius 2 is 2.31 bits per heavy atom. The molecule has 0 amide bonds. The van der Waals surface area contributed by atoms with Crippen LogP contribution in [0.5, 0.6) is 0 Å². The van der Waals surface area contributed by atoms with Gasteiger partial charge in [0.1, 0.15) is 5.82 Å². The third-order valence-electron chi connectivity index (χ3n) is 2.72. The van der Waals surface area contributed by atoms with Crippen LogP contribution in [-0.2, 0) is 6.54 Å². The number of nitrogens with zero attached hydrogens (tertiary/aromatic N) is 2. The molecule has 0 aliphatic heterocycles. The maximum atomic E-state index is 4.20. The van der Waals surface area contributed by atoms with Gasteiger partial charge in [-0.3, -0.25) is 0 Å². The highest BCUT2D eigenvalue weighted by atomic mass is 15.0. The summed E-state index contributed by atoms with van der Waals surface area (Å²) in [5.41, 5.74) is 0. The van der Waals surface area contributed by atoms with Gasteiger partial charge in [-0.25, -0.2) is 4.98 Å². The summed E-state index contributed by atoms with van der Waals surface area (Å²) in [6.45, 7) is 7.76. The fourth-order valence-corrected chi connectivity index (χ4v) is 1.45. The highest BCUT2D eigenvalue weighted by molar-refractivity contribution is 4.87. The van der Waals surface area contributed by atoms with Gasteiger partial charge >= 0.3 is 0 Å². The Balaban J connectivity index is 2.24. The molecule has 0 aliphatic rings. The van der Waals surface area contributed by atoms with Crippen molar-refractivity contribution in [3.8, 4) is 0 Å². The lowest BCUT2D eigenvalue weighted by atomic mass is 10.0. The van der Waals surface area contributed by atoms with Crippen LogP contribution in [0.1, 0.15) is 38.9 Å². The zero-order chi connectivity index (χ0) is 9.68. The van der Waals surface area contributed by atoms with Gasteiger partial charge in [0.15, 0.2) is 0 Å². The Morgan fingerprint density at radius 1 is 1.54 bits per heavy atom. The molecule has 2 nitrogen and oxygen atoms in total. The van der Waals surface area contributed by atoms with Gasteiger partial charge in [-0.05, 0) is 25.7 Å². The minimum absolute atomic E-state index is 0.865. The largest absolute Gasteiger partial charge is 0.335 e. The normalized spacial score (nSPS) is 13.2. The van der Waals surface area contributed by atoms with E-state index in [4.69, 9.17) is 0 Å². The molecular weight excluding hydrogens is 160 g/mol. The van der Waals surface area contributed by atoms with Crippen LogP contribution in [-0.4, -0.2) is 9.55 Å². The quantitative estimate of drug-likeness (QED) is 0.681. The Kier molecular flexibility index (Phi) is 4.00. The summed E-state index contributed by atoms with van der Waals surface area (Å²) in [6.07, 6.45) is 7.83. The highest BCUT2D eigenvalue weighted by Crippen LogP contribution is 2.10. The fraction of sp³-hybridized carbons (Fsp3) is 0.727. The molecule has 0 aliphatic carbocycles. The summed E-state index contributed by atoms with van der Waals surface area (Å²) in [7, 11) is 0. The van der Waals surface area contributed by atoms with E-state index in [0.717, 1.165) is 18.3 Å². The lowest BCUT2D eigenvalue weighted by Crippen LogP contribution is -2.01. The highest BCUT2D eigenvalue weighted by Gasteiger charge is 2.00. The van der Waals surface area contributed by atoms with Gasteiger partial charge in [-0.1, -0.05) is 20.3 Å². The summed E-state index contributed by atoms with van der Waals surface area (Å²) >= 11 is 0. The van der Waals surface area contributed by atoms with Crippen LogP contribution in [0, 0.1) is 12.8 Å². The molecule has 1 aromatic rings. The lowest BCUT2D eigenvalue weighted by Gasteiger charge is -2.08. The number of hydrogen-bond donors (Lipinski definition) is 0. The Labute approximate surface area is 81.0 Å². The fourth-order valence-electron chi connectivity index (χ4n) is 1.45. The predicted octanol–water partition coefficient (Wildman–Crippen LogP) is 3.02. The standard InChI is InChI=1S/C11H20N2/c1-4-10(2)6-5-8-13-9-7-12-11(13)3/h7,9-10H,4-6,8H2,1-3H3. The van der Waals surface area contributed by atoms with Crippen LogP contribution >= 0.6 is 0 Å². The van der Waals surface area contributed by atoms with Gasteiger partial charge in [0, 0.05) is 18.9 Å². The van der Waals surface area contributed by atoms with Crippen molar-refractivity contribution in [2.75, 3.05) is 0 Å². The maximum absolute atomic E-state index is 4.20. The van der Waals surface area contributed by atoms with Crippen molar-refractivity contribution in [3.05, 3.63) is 18.2 Å². The van der Waals surface area contributed by atoms with E-state index in [0.29, 0.717) is 0 Å².